The van der Waals surface area contributed by atoms with Gasteiger partial charge in [0.15, 0.2) is 0 Å². The summed E-state index contributed by atoms with van der Waals surface area (Å²) >= 11 is 0. The van der Waals surface area contributed by atoms with Gasteiger partial charge in [0.2, 0.25) is 0 Å². The van der Waals surface area contributed by atoms with Gasteiger partial charge in [0.05, 0.1) is 0 Å². The van der Waals surface area contributed by atoms with Crippen LogP contribution in [-0.2, 0) is 0 Å². The molecule has 0 unspecified atom stereocenters. The third kappa shape index (κ3) is 12.3. The zero-order chi connectivity index (χ0) is 13.5. The summed E-state index contributed by atoms with van der Waals surface area (Å²) in [6, 6.07) is 0. The zero-order valence-electron chi connectivity index (χ0n) is 11.8. The first-order valence-corrected chi connectivity index (χ1v) is 7.49. The highest BCUT2D eigenvalue weighted by molar-refractivity contribution is 4.58. The number of nitrogens with zero attached hydrogens (tertiary/aromatic N) is 1. The highest BCUT2D eigenvalue weighted by Gasteiger charge is 2.03. The summed E-state index contributed by atoms with van der Waals surface area (Å²) in [4.78, 5) is 2.35. The molecule has 0 aliphatic heterocycles. The Kier molecular flexibility index (Phi) is 14.8. The molecule has 0 aliphatic rings. The maximum Gasteiger partial charge on any atom is 0.0443 e. The lowest BCUT2D eigenvalue weighted by Gasteiger charge is -2.21. The van der Waals surface area contributed by atoms with E-state index >= 15 is 0 Å². The topological polar surface area (TPSA) is 69.7 Å². The van der Waals surface area contributed by atoms with Gasteiger partial charge in [-0.1, -0.05) is 25.7 Å². The molecular weight excluding hydrogens is 228 g/mol. The third-order valence-electron chi connectivity index (χ3n) is 3.19. The standard InChI is InChI=1S/C14H32N2O2/c15-9-5-3-1-2-4-6-10-16(11-7-13-17)12-8-14-18/h17-18H,1-15H2. The van der Waals surface area contributed by atoms with E-state index in [2.05, 4.69) is 4.90 Å². The van der Waals surface area contributed by atoms with Crippen molar-refractivity contribution in [3.05, 3.63) is 0 Å². The molecule has 0 spiro atoms. The minimum atomic E-state index is 0.259. The maximum absolute atomic E-state index is 8.85. The smallest absolute Gasteiger partial charge is 0.0443 e. The van der Waals surface area contributed by atoms with Gasteiger partial charge in [0, 0.05) is 26.3 Å². The Morgan fingerprint density at radius 2 is 1.06 bits per heavy atom. The van der Waals surface area contributed by atoms with E-state index in [0.717, 1.165) is 45.4 Å². The predicted octanol–water partition coefficient (Wildman–Crippen LogP) is 1.35. The van der Waals surface area contributed by atoms with Crippen LogP contribution in [0.3, 0.4) is 0 Å². The number of unbranched alkanes of at least 4 members (excludes halogenated alkanes) is 5. The summed E-state index contributed by atoms with van der Waals surface area (Å²) in [5.74, 6) is 0. The van der Waals surface area contributed by atoms with Crippen LogP contribution in [0.4, 0.5) is 0 Å². The highest BCUT2D eigenvalue weighted by Crippen LogP contribution is 2.06. The van der Waals surface area contributed by atoms with Gasteiger partial charge in [-0.15, -0.1) is 0 Å². The number of nitrogens with two attached hydrogens (primary N) is 1. The van der Waals surface area contributed by atoms with Crippen LogP contribution >= 0.6 is 0 Å². The van der Waals surface area contributed by atoms with Crippen molar-refractivity contribution in [3.8, 4) is 0 Å². The van der Waals surface area contributed by atoms with E-state index < -0.39 is 0 Å². The van der Waals surface area contributed by atoms with E-state index in [0.29, 0.717) is 0 Å². The molecular formula is C14H32N2O2. The Bertz CT molecular complexity index is 149. The molecule has 4 heteroatoms. The van der Waals surface area contributed by atoms with E-state index in [-0.39, 0.29) is 13.2 Å². The van der Waals surface area contributed by atoms with Crippen molar-refractivity contribution in [2.24, 2.45) is 5.73 Å². The van der Waals surface area contributed by atoms with Gasteiger partial charge in [-0.05, 0) is 38.8 Å². The fraction of sp³-hybridized carbons (Fsp3) is 1.00. The van der Waals surface area contributed by atoms with E-state index in [1.807, 2.05) is 0 Å². The van der Waals surface area contributed by atoms with Crippen molar-refractivity contribution in [2.75, 3.05) is 39.4 Å². The second-order valence-corrected chi connectivity index (χ2v) is 4.91. The number of rotatable bonds is 14. The molecule has 18 heavy (non-hydrogen) atoms. The van der Waals surface area contributed by atoms with Crippen LogP contribution in [-0.4, -0.2) is 54.5 Å². The number of aliphatic hydroxyl groups is 2. The van der Waals surface area contributed by atoms with Crippen molar-refractivity contribution < 1.29 is 10.2 Å². The zero-order valence-corrected chi connectivity index (χ0v) is 11.8. The molecule has 0 aliphatic carbocycles. The third-order valence-corrected chi connectivity index (χ3v) is 3.19. The first-order chi connectivity index (χ1) is 8.85. The Morgan fingerprint density at radius 3 is 1.56 bits per heavy atom. The second kappa shape index (κ2) is 14.9. The summed E-state index contributed by atoms with van der Waals surface area (Å²) in [5.41, 5.74) is 5.45. The first kappa shape index (κ1) is 17.8. The number of aliphatic hydroxyl groups excluding tert-OH is 2. The molecule has 0 bridgehead atoms. The van der Waals surface area contributed by atoms with E-state index in [1.165, 1.54) is 32.1 Å². The van der Waals surface area contributed by atoms with Crippen LogP contribution in [0.15, 0.2) is 0 Å². The van der Waals surface area contributed by atoms with E-state index in [1.54, 1.807) is 0 Å². The van der Waals surface area contributed by atoms with Gasteiger partial charge in [-0.2, -0.15) is 0 Å². The van der Waals surface area contributed by atoms with Crippen LogP contribution < -0.4 is 5.73 Å². The van der Waals surface area contributed by atoms with Crippen LogP contribution in [0.25, 0.3) is 0 Å². The van der Waals surface area contributed by atoms with E-state index in [9.17, 15) is 0 Å². The average Bonchev–Trinajstić information content (AvgIpc) is 2.40. The lowest BCUT2D eigenvalue weighted by atomic mass is 10.1. The van der Waals surface area contributed by atoms with Gasteiger partial charge < -0.3 is 20.8 Å². The Labute approximate surface area is 112 Å². The van der Waals surface area contributed by atoms with E-state index in [4.69, 9.17) is 15.9 Å². The largest absolute Gasteiger partial charge is 0.396 e. The average molecular weight is 260 g/mol. The molecule has 0 rings (SSSR count). The Balaban J connectivity index is 3.43. The summed E-state index contributed by atoms with van der Waals surface area (Å²) in [7, 11) is 0. The summed E-state index contributed by atoms with van der Waals surface area (Å²) < 4.78 is 0. The molecule has 0 aromatic carbocycles. The van der Waals surface area contributed by atoms with Crippen molar-refractivity contribution in [1.82, 2.24) is 4.90 Å². The van der Waals surface area contributed by atoms with Crippen molar-refractivity contribution in [1.29, 1.82) is 0 Å². The lowest BCUT2D eigenvalue weighted by molar-refractivity contribution is 0.199. The van der Waals surface area contributed by atoms with Gasteiger partial charge in [0.1, 0.15) is 0 Å². The fourth-order valence-electron chi connectivity index (χ4n) is 2.11. The van der Waals surface area contributed by atoms with Crippen LogP contribution in [0.1, 0.15) is 51.4 Å². The van der Waals surface area contributed by atoms with Gasteiger partial charge in [0.25, 0.3) is 0 Å². The minimum Gasteiger partial charge on any atom is -0.396 e. The fourth-order valence-corrected chi connectivity index (χ4v) is 2.11. The van der Waals surface area contributed by atoms with Crippen LogP contribution in [0.2, 0.25) is 0 Å². The first-order valence-electron chi connectivity index (χ1n) is 7.49. The van der Waals surface area contributed by atoms with Crippen LogP contribution in [0.5, 0.6) is 0 Å². The van der Waals surface area contributed by atoms with Crippen molar-refractivity contribution >= 4 is 0 Å². The maximum atomic E-state index is 8.85. The SMILES string of the molecule is NCCCCCCCCN(CCCO)CCCO. The van der Waals surface area contributed by atoms with Gasteiger partial charge in [-0.25, -0.2) is 0 Å². The minimum absolute atomic E-state index is 0.259. The van der Waals surface area contributed by atoms with Gasteiger partial charge in [-0.3, -0.25) is 0 Å². The molecule has 110 valence electrons. The summed E-state index contributed by atoms with van der Waals surface area (Å²) in [6.45, 7) is 4.32. The molecule has 0 radical (unpaired) electrons. The number of hydrogen-bond donors (Lipinski definition) is 3. The van der Waals surface area contributed by atoms with Crippen molar-refractivity contribution in [2.45, 2.75) is 51.4 Å². The molecule has 4 nitrogen and oxygen atoms in total. The molecule has 4 N–H and O–H groups in total. The molecule has 0 atom stereocenters. The molecule has 0 saturated carbocycles. The predicted molar refractivity (Wildman–Crippen MR) is 76.6 cm³/mol. The molecule has 0 aromatic heterocycles. The lowest BCUT2D eigenvalue weighted by Crippen LogP contribution is -2.28. The molecule has 0 fully saturated rings. The Morgan fingerprint density at radius 1 is 0.611 bits per heavy atom. The van der Waals surface area contributed by atoms with Crippen molar-refractivity contribution in [3.63, 3.8) is 0 Å². The molecule has 0 aromatic rings. The monoisotopic (exact) mass is 260 g/mol. The van der Waals surface area contributed by atoms with Gasteiger partial charge >= 0.3 is 0 Å². The Hall–Kier alpha value is -0.160. The molecule has 0 saturated heterocycles. The normalized spacial score (nSPS) is 11.3. The van der Waals surface area contributed by atoms with Crippen LogP contribution in [0, 0.1) is 0 Å². The summed E-state index contributed by atoms with van der Waals surface area (Å²) in [6.07, 6.45) is 9.18. The molecule has 0 amide bonds. The summed E-state index contributed by atoms with van der Waals surface area (Å²) in [5, 5.41) is 17.7. The second-order valence-electron chi connectivity index (χ2n) is 4.91. The number of hydrogen-bond acceptors (Lipinski definition) is 4. The quantitative estimate of drug-likeness (QED) is 0.412. The highest BCUT2D eigenvalue weighted by atomic mass is 16.3. The molecule has 0 heterocycles.